The number of hydrogen-bond donors (Lipinski definition) is 1. The van der Waals surface area contributed by atoms with Crippen LogP contribution >= 0.6 is 11.6 Å². The average molecular weight is 309 g/mol. The Morgan fingerprint density at radius 1 is 1.43 bits per heavy atom. The molecule has 0 radical (unpaired) electrons. The summed E-state index contributed by atoms with van der Waals surface area (Å²) < 4.78 is 5.51. The summed E-state index contributed by atoms with van der Waals surface area (Å²) in [7, 11) is 0. The van der Waals surface area contributed by atoms with Gasteiger partial charge in [0, 0.05) is 17.2 Å². The molecule has 21 heavy (non-hydrogen) atoms. The molecular formula is C15H17ClN2O3. The minimum Gasteiger partial charge on any atom is -0.376 e. The SMILES string of the molecule is C[C@]1(c2ccccc2Cl)NC(=O)N(C[C@@H]2CCCO2)C1=O. The van der Waals surface area contributed by atoms with Crippen molar-refractivity contribution in [1.82, 2.24) is 10.2 Å². The van der Waals surface area contributed by atoms with Crippen molar-refractivity contribution in [3.05, 3.63) is 34.9 Å². The first kappa shape index (κ1) is 14.4. The highest BCUT2D eigenvalue weighted by Gasteiger charge is 2.50. The fourth-order valence-corrected chi connectivity index (χ4v) is 3.23. The molecule has 6 heteroatoms. The number of imide groups is 1. The van der Waals surface area contributed by atoms with Gasteiger partial charge >= 0.3 is 6.03 Å². The molecule has 0 aromatic heterocycles. The van der Waals surface area contributed by atoms with Crippen molar-refractivity contribution < 1.29 is 14.3 Å². The molecule has 0 unspecified atom stereocenters. The van der Waals surface area contributed by atoms with E-state index in [9.17, 15) is 9.59 Å². The molecular weight excluding hydrogens is 292 g/mol. The lowest BCUT2D eigenvalue weighted by Crippen LogP contribution is -2.42. The van der Waals surface area contributed by atoms with Gasteiger partial charge in [-0.3, -0.25) is 9.69 Å². The summed E-state index contributed by atoms with van der Waals surface area (Å²) in [6.07, 6.45) is 1.78. The zero-order chi connectivity index (χ0) is 15.0. The summed E-state index contributed by atoms with van der Waals surface area (Å²) in [5.74, 6) is -0.281. The minimum absolute atomic E-state index is 0.0618. The lowest BCUT2D eigenvalue weighted by Gasteiger charge is -2.24. The molecule has 0 saturated carbocycles. The molecule has 1 N–H and O–H groups in total. The fourth-order valence-electron chi connectivity index (χ4n) is 2.90. The molecule has 1 aromatic carbocycles. The zero-order valence-corrected chi connectivity index (χ0v) is 12.5. The number of carbonyl (C=O) groups excluding carboxylic acids is 2. The van der Waals surface area contributed by atoms with Crippen LogP contribution in [0.2, 0.25) is 5.02 Å². The molecule has 2 aliphatic heterocycles. The lowest BCUT2D eigenvalue weighted by molar-refractivity contribution is -0.132. The third-order valence-corrected chi connectivity index (χ3v) is 4.43. The van der Waals surface area contributed by atoms with E-state index in [1.165, 1.54) is 4.90 Å². The summed E-state index contributed by atoms with van der Waals surface area (Å²) >= 11 is 6.18. The van der Waals surface area contributed by atoms with Gasteiger partial charge in [-0.2, -0.15) is 0 Å². The van der Waals surface area contributed by atoms with E-state index in [0.717, 1.165) is 12.8 Å². The second kappa shape index (κ2) is 5.31. The first-order valence-corrected chi connectivity index (χ1v) is 7.41. The number of rotatable bonds is 3. The monoisotopic (exact) mass is 308 g/mol. The van der Waals surface area contributed by atoms with Crippen LogP contribution < -0.4 is 5.32 Å². The second-order valence-electron chi connectivity index (χ2n) is 5.59. The lowest BCUT2D eigenvalue weighted by atomic mass is 9.92. The maximum Gasteiger partial charge on any atom is 0.325 e. The molecule has 2 fully saturated rings. The summed E-state index contributed by atoms with van der Waals surface area (Å²) in [6.45, 7) is 2.67. The molecule has 2 heterocycles. The second-order valence-corrected chi connectivity index (χ2v) is 5.99. The van der Waals surface area contributed by atoms with Crippen LogP contribution in [0.15, 0.2) is 24.3 Å². The van der Waals surface area contributed by atoms with Crippen LogP contribution in [0.5, 0.6) is 0 Å². The molecule has 2 aliphatic rings. The number of amides is 3. The number of nitrogens with one attached hydrogen (secondary N) is 1. The molecule has 3 amide bonds. The van der Waals surface area contributed by atoms with Crippen LogP contribution in [0, 0.1) is 0 Å². The van der Waals surface area contributed by atoms with E-state index < -0.39 is 11.6 Å². The first-order valence-electron chi connectivity index (χ1n) is 7.03. The van der Waals surface area contributed by atoms with Gasteiger partial charge < -0.3 is 10.1 Å². The number of benzene rings is 1. The number of carbonyl (C=O) groups is 2. The summed E-state index contributed by atoms with van der Waals surface area (Å²) in [4.78, 5) is 26.1. The Labute approximate surface area is 128 Å². The molecule has 1 aromatic rings. The maximum atomic E-state index is 12.7. The normalized spacial score (nSPS) is 29.0. The van der Waals surface area contributed by atoms with Crippen LogP contribution in [0.3, 0.4) is 0 Å². The van der Waals surface area contributed by atoms with Gasteiger partial charge in [-0.05, 0) is 25.8 Å². The predicted molar refractivity (Wildman–Crippen MR) is 78.0 cm³/mol. The molecule has 0 aliphatic carbocycles. The molecule has 3 rings (SSSR count). The van der Waals surface area contributed by atoms with Gasteiger partial charge in [0.05, 0.1) is 12.6 Å². The van der Waals surface area contributed by atoms with Gasteiger partial charge in [0.1, 0.15) is 5.54 Å². The largest absolute Gasteiger partial charge is 0.376 e. The number of ether oxygens (including phenoxy) is 1. The van der Waals surface area contributed by atoms with Crippen LogP contribution in [0.4, 0.5) is 4.79 Å². The highest BCUT2D eigenvalue weighted by atomic mass is 35.5. The Kier molecular flexibility index (Phi) is 3.63. The van der Waals surface area contributed by atoms with Gasteiger partial charge in [0.15, 0.2) is 0 Å². The highest BCUT2D eigenvalue weighted by Crippen LogP contribution is 2.33. The van der Waals surface area contributed by atoms with Crippen molar-refractivity contribution in [2.75, 3.05) is 13.2 Å². The quantitative estimate of drug-likeness (QED) is 0.872. The van der Waals surface area contributed by atoms with Crippen molar-refractivity contribution in [2.45, 2.75) is 31.4 Å². The van der Waals surface area contributed by atoms with E-state index in [-0.39, 0.29) is 12.0 Å². The van der Waals surface area contributed by atoms with E-state index in [2.05, 4.69) is 5.32 Å². The van der Waals surface area contributed by atoms with Crippen molar-refractivity contribution >= 4 is 23.5 Å². The number of nitrogens with zero attached hydrogens (tertiary/aromatic N) is 1. The molecule has 0 bridgehead atoms. The first-order chi connectivity index (χ1) is 10.0. The minimum atomic E-state index is -1.12. The van der Waals surface area contributed by atoms with Crippen molar-refractivity contribution in [2.24, 2.45) is 0 Å². The average Bonchev–Trinajstić information content (AvgIpc) is 3.03. The molecule has 2 atom stereocenters. The topological polar surface area (TPSA) is 58.6 Å². The summed E-state index contributed by atoms with van der Waals surface area (Å²) in [5, 5.41) is 3.22. The van der Waals surface area contributed by atoms with E-state index in [4.69, 9.17) is 16.3 Å². The van der Waals surface area contributed by atoms with E-state index in [1.807, 2.05) is 0 Å². The number of urea groups is 1. The Balaban J connectivity index is 1.87. The van der Waals surface area contributed by atoms with Crippen molar-refractivity contribution in [3.63, 3.8) is 0 Å². The smallest absolute Gasteiger partial charge is 0.325 e. The van der Waals surface area contributed by atoms with E-state index in [0.29, 0.717) is 23.7 Å². The van der Waals surface area contributed by atoms with Gasteiger partial charge in [0.2, 0.25) is 0 Å². The van der Waals surface area contributed by atoms with Crippen LogP contribution in [0.25, 0.3) is 0 Å². The highest BCUT2D eigenvalue weighted by molar-refractivity contribution is 6.32. The third kappa shape index (κ3) is 2.40. The summed E-state index contributed by atoms with van der Waals surface area (Å²) in [6, 6.07) is 6.67. The van der Waals surface area contributed by atoms with Crippen LogP contribution in [-0.2, 0) is 15.1 Å². The van der Waals surface area contributed by atoms with Gasteiger partial charge in [0.25, 0.3) is 5.91 Å². The maximum absolute atomic E-state index is 12.7. The number of hydrogen-bond acceptors (Lipinski definition) is 3. The molecule has 5 nitrogen and oxygen atoms in total. The summed E-state index contributed by atoms with van der Waals surface area (Å²) in [5.41, 5.74) is -0.506. The van der Waals surface area contributed by atoms with E-state index in [1.54, 1.807) is 31.2 Å². The van der Waals surface area contributed by atoms with Gasteiger partial charge in [-0.15, -0.1) is 0 Å². The Hall–Kier alpha value is -1.59. The molecule has 0 spiro atoms. The van der Waals surface area contributed by atoms with Gasteiger partial charge in [-0.25, -0.2) is 4.79 Å². The van der Waals surface area contributed by atoms with Crippen LogP contribution in [-0.4, -0.2) is 36.1 Å². The van der Waals surface area contributed by atoms with Crippen molar-refractivity contribution in [3.8, 4) is 0 Å². The molecule has 2 saturated heterocycles. The van der Waals surface area contributed by atoms with Crippen LogP contribution in [0.1, 0.15) is 25.3 Å². The zero-order valence-electron chi connectivity index (χ0n) is 11.8. The number of halogens is 1. The fraction of sp³-hybridized carbons (Fsp3) is 0.467. The van der Waals surface area contributed by atoms with Crippen molar-refractivity contribution in [1.29, 1.82) is 0 Å². The third-order valence-electron chi connectivity index (χ3n) is 4.10. The van der Waals surface area contributed by atoms with E-state index >= 15 is 0 Å². The molecule has 112 valence electrons. The standard InChI is InChI=1S/C15H17ClN2O3/c1-15(11-6-2-3-7-12(11)16)13(19)18(14(20)17-15)9-10-5-4-8-21-10/h2-3,6-7,10H,4-5,8-9H2,1H3,(H,17,20)/t10-,15+/m0/s1. The Bertz CT molecular complexity index is 586. The Morgan fingerprint density at radius 3 is 2.86 bits per heavy atom. The Morgan fingerprint density at radius 2 is 2.19 bits per heavy atom. The predicted octanol–water partition coefficient (Wildman–Crippen LogP) is 2.29. The van der Waals surface area contributed by atoms with Gasteiger partial charge in [-0.1, -0.05) is 29.8 Å².